The SMILES string of the molecule is Cc1cc(C)n2nc(S[C@@H](C)C(=O)N[C@H](C)c3ccc(F)cc3)nc2n1. The summed E-state index contributed by atoms with van der Waals surface area (Å²) >= 11 is 1.28. The summed E-state index contributed by atoms with van der Waals surface area (Å²) in [5.74, 6) is 0.0945. The van der Waals surface area contributed by atoms with Gasteiger partial charge >= 0.3 is 0 Å². The summed E-state index contributed by atoms with van der Waals surface area (Å²) in [7, 11) is 0. The van der Waals surface area contributed by atoms with Crippen LogP contribution in [0.4, 0.5) is 4.39 Å². The van der Waals surface area contributed by atoms with Crippen LogP contribution in [0.2, 0.25) is 0 Å². The second-order valence-corrected chi connectivity index (χ2v) is 7.49. The number of benzene rings is 1. The Labute approximate surface area is 155 Å². The molecule has 0 saturated carbocycles. The van der Waals surface area contributed by atoms with Crippen molar-refractivity contribution < 1.29 is 9.18 Å². The molecule has 1 amide bonds. The van der Waals surface area contributed by atoms with Crippen molar-refractivity contribution in [2.75, 3.05) is 0 Å². The molecule has 3 aromatic rings. The van der Waals surface area contributed by atoms with E-state index >= 15 is 0 Å². The number of nitrogens with zero attached hydrogens (tertiary/aromatic N) is 4. The van der Waals surface area contributed by atoms with E-state index in [-0.39, 0.29) is 23.0 Å². The lowest BCUT2D eigenvalue weighted by Gasteiger charge is -2.17. The van der Waals surface area contributed by atoms with Crippen molar-refractivity contribution in [2.45, 2.75) is 44.1 Å². The molecule has 2 aromatic heterocycles. The molecule has 1 N–H and O–H groups in total. The summed E-state index contributed by atoms with van der Waals surface area (Å²) in [6.07, 6.45) is 0. The summed E-state index contributed by atoms with van der Waals surface area (Å²) < 4.78 is 14.7. The quantitative estimate of drug-likeness (QED) is 0.695. The van der Waals surface area contributed by atoms with Gasteiger partial charge in [0.05, 0.1) is 11.3 Å². The maximum Gasteiger partial charge on any atom is 0.253 e. The minimum atomic E-state index is -0.378. The number of halogens is 1. The fourth-order valence-electron chi connectivity index (χ4n) is 2.58. The summed E-state index contributed by atoms with van der Waals surface area (Å²) in [4.78, 5) is 21.2. The number of amides is 1. The number of fused-ring (bicyclic) bond motifs is 1. The van der Waals surface area contributed by atoms with E-state index in [1.165, 1.54) is 23.9 Å². The highest BCUT2D eigenvalue weighted by Gasteiger charge is 2.20. The molecule has 6 nitrogen and oxygen atoms in total. The largest absolute Gasteiger partial charge is 0.349 e. The zero-order valence-electron chi connectivity index (χ0n) is 15.0. The van der Waals surface area contributed by atoms with Gasteiger partial charge in [-0.3, -0.25) is 4.79 Å². The Bertz CT molecular complexity index is 941. The van der Waals surface area contributed by atoms with Gasteiger partial charge in [-0.2, -0.15) is 4.98 Å². The molecule has 2 atom stereocenters. The first-order chi connectivity index (χ1) is 12.3. The molecule has 0 aliphatic heterocycles. The average Bonchev–Trinajstić information content (AvgIpc) is 2.97. The van der Waals surface area contributed by atoms with E-state index in [0.717, 1.165) is 17.0 Å². The summed E-state index contributed by atoms with van der Waals surface area (Å²) in [5.41, 5.74) is 2.66. The van der Waals surface area contributed by atoms with Gasteiger partial charge in [0, 0.05) is 11.4 Å². The maximum atomic E-state index is 13.0. The third-order valence-corrected chi connectivity index (χ3v) is 4.93. The highest BCUT2D eigenvalue weighted by molar-refractivity contribution is 8.00. The predicted octanol–water partition coefficient (Wildman–Crippen LogP) is 3.24. The molecule has 0 aliphatic carbocycles. The van der Waals surface area contributed by atoms with Crippen LogP contribution in [-0.4, -0.2) is 30.7 Å². The van der Waals surface area contributed by atoms with Crippen LogP contribution in [0.3, 0.4) is 0 Å². The first kappa shape index (κ1) is 18.3. The van der Waals surface area contributed by atoms with Gasteiger partial charge in [0.1, 0.15) is 5.82 Å². The van der Waals surface area contributed by atoms with Crippen LogP contribution in [0, 0.1) is 19.7 Å². The molecule has 0 unspecified atom stereocenters. The molecule has 136 valence electrons. The summed E-state index contributed by atoms with van der Waals surface area (Å²) in [6, 6.07) is 7.81. The molecule has 0 radical (unpaired) electrons. The second-order valence-electron chi connectivity index (χ2n) is 6.19. The number of aryl methyl sites for hydroxylation is 2. The first-order valence-corrected chi connectivity index (χ1v) is 9.15. The smallest absolute Gasteiger partial charge is 0.253 e. The molecule has 8 heteroatoms. The molecule has 26 heavy (non-hydrogen) atoms. The average molecular weight is 373 g/mol. The van der Waals surface area contributed by atoms with Crippen LogP contribution in [0.5, 0.6) is 0 Å². The van der Waals surface area contributed by atoms with Crippen LogP contribution in [0.15, 0.2) is 35.5 Å². The number of hydrogen-bond acceptors (Lipinski definition) is 5. The zero-order chi connectivity index (χ0) is 18.8. The van der Waals surface area contributed by atoms with Crippen molar-refractivity contribution >= 4 is 23.4 Å². The molecule has 0 saturated heterocycles. The Morgan fingerprint density at radius 2 is 1.88 bits per heavy atom. The van der Waals surface area contributed by atoms with E-state index in [1.54, 1.807) is 23.6 Å². The van der Waals surface area contributed by atoms with E-state index < -0.39 is 0 Å². The second kappa shape index (κ2) is 7.41. The molecular formula is C18H20FN5OS. The number of carbonyl (C=O) groups is 1. The van der Waals surface area contributed by atoms with Crippen molar-refractivity contribution in [3.05, 3.63) is 53.1 Å². The van der Waals surface area contributed by atoms with Crippen molar-refractivity contribution in [2.24, 2.45) is 0 Å². The monoisotopic (exact) mass is 373 g/mol. The van der Waals surface area contributed by atoms with Gasteiger partial charge in [-0.25, -0.2) is 13.9 Å². The van der Waals surface area contributed by atoms with Gasteiger partial charge < -0.3 is 5.32 Å². The number of hydrogen-bond donors (Lipinski definition) is 1. The van der Waals surface area contributed by atoms with Gasteiger partial charge in [0.2, 0.25) is 11.1 Å². The van der Waals surface area contributed by atoms with Gasteiger partial charge in [0.15, 0.2) is 0 Å². The lowest BCUT2D eigenvalue weighted by atomic mass is 10.1. The fourth-order valence-corrected chi connectivity index (χ4v) is 3.33. The zero-order valence-corrected chi connectivity index (χ0v) is 15.8. The molecule has 3 rings (SSSR count). The van der Waals surface area contributed by atoms with Crippen LogP contribution < -0.4 is 5.32 Å². The molecule has 2 heterocycles. The van der Waals surface area contributed by atoms with E-state index in [2.05, 4.69) is 20.4 Å². The first-order valence-electron chi connectivity index (χ1n) is 8.27. The van der Waals surface area contributed by atoms with E-state index in [9.17, 15) is 9.18 Å². The number of thioether (sulfide) groups is 1. The highest BCUT2D eigenvalue weighted by Crippen LogP contribution is 2.22. The number of rotatable bonds is 5. The van der Waals surface area contributed by atoms with E-state index in [1.807, 2.05) is 26.8 Å². The number of aromatic nitrogens is 4. The Balaban J connectivity index is 1.67. The molecule has 0 bridgehead atoms. The van der Waals surface area contributed by atoms with Crippen LogP contribution in [-0.2, 0) is 4.79 Å². The Hall–Kier alpha value is -2.48. The van der Waals surface area contributed by atoms with Gasteiger partial charge in [0.25, 0.3) is 5.78 Å². The molecular weight excluding hydrogens is 353 g/mol. The molecule has 0 fully saturated rings. The normalized spacial score (nSPS) is 13.6. The lowest BCUT2D eigenvalue weighted by molar-refractivity contribution is -0.120. The Morgan fingerprint density at radius 3 is 2.58 bits per heavy atom. The van der Waals surface area contributed by atoms with Crippen molar-refractivity contribution in [1.29, 1.82) is 0 Å². The Kier molecular flexibility index (Phi) is 5.22. The van der Waals surface area contributed by atoms with Gasteiger partial charge in [-0.1, -0.05) is 23.9 Å². The van der Waals surface area contributed by atoms with Crippen molar-refractivity contribution in [3.8, 4) is 0 Å². The van der Waals surface area contributed by atoms with Gasteiger partial charge in [-0.05, 0) is 51.5 Å². The lowest BCUT2D eigenvalue weighted by Crippen LogP contribution is -2.33. The predicted molar refractivity (Wildman–Crippen MR) is 98.5 cm³/mol. The fraction of sp³-hybridized carbons (Fsp3) is 0.333. The maximum absolute atomic E-state index is 13.0. The van der Waals surface area contributed by atoms with Crippen molar-refractivity contribution in [3.63, 3.8) is 0 Å². The highest BCUT2D eigenvalue weighted by atomic mass is 32.2. The third kappa shape index (κ3) is 4.01. The van der Waals surface area contributed by atoms with Gasteiger partial charge in [-0.15, -0.1) is 5.10 Å². The van der Waals surface area contributed by atoms with E-state index in [0.29, 0.717) is 10.9 Å². The van der Waals surface area contributed by atoms with Crippen molar-refractivity contribution in [1.82, 2.24) is 24.9 Å². The Morgan fingerprint density at radius 1 is 1.19 bits per heavy atom. The molecule has 1 aromatic carbocycles. The standard InChI is InChI=1S/C18H20FN5OS/c1-10-9-11(2)24-17(20-10)22-18(23-24)26-13(4)16(25)21-12(3)14-5-7-15(19)8-6-14/h5-9,12-13H,1-4H3,(H,21,25)/t12-,13+/m1/s1. The third-order valence-electron chi connectivity index (χ3n) is 3.98. The number of nitrogens with one attached hydrogen (secondary N) is 1. The van der Waals surface area contributed by atoms with Crippen LogP contribution in [0.25, 0.3) is 5.78 Å². The summed E-state index contributed by atoms with van der Waals surface area (Å²) in [5, 5.41) is 7.46. The van der Waals surface area contributed by atoms with Crippen LogP contribution >= 0.6 is 11.8 Å². The van der Waals surface area contributed by atoms with Crippen LogP contribution in [0.1, 0.15) is 36.8 Å². The minimum absolute atomic E-state index is 0.133. The topological polar surface area (TPSA) is 72.2 Å². The summed E-state index contributed by atoms with van der Waals surface area (Å²) in [6.45, 7) is 7.50. The van der Waals surface area contributed by atoms with E-state index in [4.69, 9.17) is 0 Å². The number of carbonyl (C=O) groups excluding carboxylic acids is 1. The molecule has 0 spiro atoms. The molecule has 0 aliphatic rings. The minimum Gasteiger partial charge on any atom is -0.349 e.